The van der Waals surface area contributed by atoms with Crippen LogP contribution in [0.3, 0.4) is 0 Å². The molecule has 3 aliphatic rings. The average molecular weight is 406 g/mol. The number of nitrogens with one attached hydrogen (secondary N) is 1. The zero-order valence-corrected chi connectivity index (χ0v) is 17.3. The summed E-state index contributed by atoms with van der Waals surface area (Å²) in [6.07, 6.45) is 5.19. The Kier molecular flexibility index (Phi) is 4.79. The number of likely N-dealkylation sites (tertiary alicyclic amines) is 1. The number of carbonyl (C=O) groups is 1. The number of pyridine rings is 1. The Morgan fingerprint density at radius 2 is 2.00 bits per heavy atom. The minimum absolute atomic E-state index is 0.170. The predicted molar refractivity (Wildman–Crippen MR) is 113 cm³/mol. The van der Waals surface area contributed by atoms with Gasteiger partial charge in [0.15, 0.2) is 0 Å². The summed E-state index contributed by atoms with van der Waals surface area (Å²) < 4.78 is 6.41. The molecule has 3 aliphatic heterocycles. The van der Waals surface area contributed by atoms with Gasteiger partial charge in [-0.15, -0.1) is 0 Å². The number of rotatable bonds is 4. The highest BCUT2D eigenvalue weighted by molar-refractivity contribution is 5.84. The number of nitrogens with zero attached hydrogens (tertiary/aromatic N) is 3. The fraction of sp³-hybridized carbons (Fsp3) is 0.435. The minimum atomic E-state index is -0.244. The number of ether oxygens (including phenoxy) is 1. The first-order chi connectivity index (χ1) is 14.5. The maximum absolute atomic E-state index is 10.9. The van der Waals surface area contributed by atoms with E-state index in [-0.39, 0.29) is 12.0 Å². The normalized spacial score (nSPS) is 22.5. The summed E-state index contributed by atoms with van der Waals surface area (Å²) in [6.45, 7) is 5.96. The van der Waals surface area contributed by atoms with Gasteiger partial charge in [-0.3, -0.25) is 14.7 Å². The summed E-state index contributed by atoms with van der Waals surface area (Å²) in [6, 6.07) is 9.62. The maximum Gasteiger partial charge on any atom is 0.233 e. The van der Waals surface area contributed by atoms with E-state index in [9.17, 15) is 4.79 Å². The molecule has 30 heavy (non-hydrogen) atoms. The highest BCUT2D eigenvalue weighted by Gasteiger charge is 2.44. The lowest BCUT2D eigenvalue weighted by molar-refractivity contribution is -0.0954. The Morgan fingerprint density at radius 1 is 1.23 bits per heavy atom. The third kappa shape index (κ3) is 3.48. The topological polar surface area (TPSA) is 76.1 Å². The van der Waals surface area contributed by atoms with Crippen LogP contribution in [0, 0.1) is 5.92 Å². The molecule has 0 radical (unpaired) electrons. The monoisotopic (exact) mass is 406 g/mol. The molecule has 7 heteroatoms. The first kappa shape index (κ1) is 19.2. The van der Waals surface area contributed by atoms with Gasteiger partial charge in [0, 0.05) is 55.0 Å². The second-order valence-corrected chi connectivity index (χ2v) is 8.63. The molecule has 1 N–H and O–H groups in total. The summed E-state index contributed by atoms with van der Waals surface area (Å²) in [7, 11) is 0. The standard InChI is InChI=1S/C23H26N4O3/c1-15(2)21-25-22(30-26-21)27-9-7-23(8-10-27)12-18-11-19(24-13-20(18)29-23)17-5-3-16(14-28)4-6-17/h3-6,11,13-15,22H,7-10,12H2,1-2H3,(H,25,26). The highest BCUT2D eigenvalue weighted by Crippen LogP contribution is 2.42. The largest absolute Gasteiger partial charge is 0.485 e. The van der Waals surface area contributed by atoms with Crippen LogP contribution in [-0.2, 0) is 11.3 Å². The molecule has 1 unspecified atom stereocenters. The first-order valence-corrected chi connectivity index (χ1v) is 10.5. The van der Waals surface area contributed by atoms with Crippen molar-refractivity contribution in [2.75, 3.05) is 13.1 Å². The van der Waals surface area contributed by atoms with E-state index >= 15 is 0 Å². The van der Waals surface area contributed by atoms with E-state index in [1.54, 1.807) is 0 Å². The molecule has 1 fully saturated rings. The second kappa shape index (κ2) is 7.49. The van der Waals surface area contributed by atoms with Crippen molar-refractivity contribution >= 4 is 12.1 Å². The molecule has 156 valence electrons. The van der Waals surface area contributed by atoms with E-state index in [2.05, 4.69) is 40.3 Å². The van der Waals surface area contributed by atoms with Crippen molar-refractivity contribution in [2.45, 2.75) is 45.1 Å². The molecule has 1 aromatic heterocycles. The molecule has 1 aromatic carbocycles. The van der Waals surface area contributed by atoms with Crippen LogP contribution >= 0.6 is 0 Å². The van der Waals surface area contributed by atoms with Gasteiger partial charge in [-0.2, -0.15) is 0 Å². The average Bonchev–Trinajstić information content (AvgIpc) is 3.39. The van der Waals surface area contributed by atoms with Crippen LogP contribution in [0.25, 0.3) is 11.3 Å². The van der Waals surface area contributed by atoms with E-state index < -0.39 is 0 Å². The number of amidine groups is 1. The van der Waals surface area contributed by atoms with E-state index in [4.69, 9.17) is 9.57 Å². The molecular formula is C23H26N4O3. The fourth-order valence-electron chi connectivity index (χ4n) is 4.36. The molecule has 0 bridgehead atoms. The van der Waals surface area contributed by atoms with Crippen molar-refractivity contribution in [3.8, 4) is 17.0 Å². The number of fused-ring (bicyclic) bond motifs is 1. The Morgan fingerprint density at radius 3 is 2.67 bits per heavy atom. The third-order valence-corrected chi connectivity index (χ3v) is 6.22. The van der Waals surface area contributed by atoms with Crippen molar-refractivity contribution in [3.63, 3.8) is 0 Å². The molecule has 0 saturated carbocycles. The lowest BCUT2D eigenvalue weighted by atomic mass is 9.87. The lowest BCUT2D eigenvalue weighted by Gasteiger charge is -2.39. The fourth-order valence-corrected chi connectivity index (χ4v) is 4.36. The van der Waals surface area contributed by atoms with Crippen molar-refractivity contribution in [1.82, 2.24) is 15.4 Å². The number of piperidine rings is 1. The molecule has 0 aliphatic carbocycles. The molecule has 1 atom stereocenters. The number of hydrogen-bond acceptors (Lipinski definition) is 7. The van der Waals surface area contributed by atoms with E-state index in [1.807, 2.05) is 30.5 Å². The lowest BCUT2D eigenvalue weighted by Crippen LogP contribution is -2.50. The SMILES string of the molecule is CC(C)C1=NC(N2CCC3(CC2)Cc2cc(-c4ccc(C=O)cc4)ncc2O3)ON1. The Hall–Kier alpha value is -2.77. The van der Waals surface area contributed by atoms with Gasteiger partial charge in [-0.25, -0.2) is 15.3 Å². The Balaban J connectivity index is 1.27. The summed E-state index contributed by atoms with van der Waals surface area (Å²) >= 11 is 0. The van der Waals surface area contributed by atoms with Crippen molar-refractivity contribution in [2.24, 2.45) is 10.9 Å². The number of hydrogen-bond donors (Lipinski definition) is 1. The molecule has 1 saturated heterocycles. The molecular weight excluding hydrogens is 380 g/mol. The van der Waals surface area contributed by atoms with Crippen LogP contribution in [0.1, 0.15) is 42.6 Å². The first-order valence-electron chi connectivity index (χ1n) is 10.5. The molecule has 5 rings (SSSR count). The second-order valence-electron chi connectivity index (χ2n) is 8.63. The van der Waals surface area contributed by atoms with Gasteiger partial charge >= 0.3 is 0 Å². The number of hydroxylamine groups is 1. The Bertz CT molecular complexity index is 978. The van der Waals surface area contributed by atoms with Crippen molar-refractivity contribution < 1.29 is 14.4 Å². The van der Waals surface area contributed by atoms with Crippen molar-refractivity contribution in [3.05, 3.63) is 47.7 Å². The zero-order chi connectivity index (χ0) is 20.7. The van der Waals surface area contributed by atoms with Gasteiger partial charge < -0.3 is 4.74 Å². The van der Waals surface area contributed by atoms with Crippen LogP contribution in [0.2, 0.25) is 0 Å². The zero-order valence-electron chi connectivity index (χ0n) is 17.3. The molecule has 0 amide bonds. The summed E-state index contributed by atoms with van der Waals surface area (Å²) in [5.74, 6) is 2.12. The predicted octanol–water partition coefficient (Wildman–Crippen LogP) is 3.20. The van der Waals surface area contributed by atoms with Crippen LogP contribution in [0.4, 0.5) is 0 Å². The van der Waals surface area contributed by atoms with Crippen molar-refractivity contribution in [1.29, 1.82) is 0 Å². The number of benzene rings is 1. The van der Waals surface area contributed by atoms with Crippen LogP contribution < -0.4 is 10.2 Å². The number of aldehydes is 1. The van der Waals surface area contributed by atoms with Crippen LogP contribution in [-0.4, -0.2) is 47.0 Å². The van der Waals surface area contributed by atoms with Gasteiger partial charge in [0.2, 0.25) is 6.35 Å². The van der Waals surface area contributed by atoms with Crippen LogP contribution in [0.15, 0.2) is 41.5 Å². The summed E-state index contributed by atoms with van der Waals surface area (Å²) in [5.41, 5.74) is 6.57. The quantitative estimate of drug-likeness (QED) is 0.786. The molecule has 7 nitrogen and oxygen atoms in total. The number of carbonyl (C=O) groups excluding carboxylic acids is 1. The highest BCUT2D eigenvalue weighted by atomic mass is 16.7. The minimum Gasteiger partial charge on any atom is -0.485 e. The maximum atomic E-state index is 10.9. The number of aliphatic imine (C=N–C) groups is 1. The van der Waals surface area contributed by atoms with Gasteiger partial charge in [-0.1, -0.05) is 38.1 Å². The van der Waals surface area contributed by atoms with Gasteiger partial charge in [0.25, 0.3) is 0 Å². The van der Waals surface area contributed by atoms with E-state index in [1.165, 1.54) is 5.56 Å². The van der Waals surface area contributed by atoms with Gasteiger partial charge in [0.1, 0.15) is 23.5 Å². The molecule has 1 spiro atoms. The van der Waals surface area contributed by atoms with Gasteiger partial charge in [-0.05, 0) is 6.07 Å². The molecule has 2 aromatic rings. The smallest absolute Gasteiger partial charge is 0.233 e. The summed E-state index contributed by atoms with van der Waals surface area (Å²) in [5, 5.41) is 0. The third-order valence-electron chi connectivity index (χ3n) is 6.22. The molecule has 4 heterocycles. The van der Waals surface area contributed by atoms with E-state index in [0.717, 1.165) is 61.5 Å². The Labute approximate surface area is 176 Å². The summed E-state index contributed by atoms with van der Waals surface area (Å²) in [4.78, 5) is 28.0. The van der Waals surface area contributed by atoms with E-state index in [0.29, 0.717) is 11.5 Å². The van der Waals surface area contributed by atoms with Crippen LogP contribution in [0.5, 0.6) is 5.75 Å². The number of aromatic nitrogens is 1. The van der Waals surface area contributed by atoms with Gasteiger partial charge in [0.05, 0.1) is 11.9 Å².